The Morgan fingerprint density at radius 3 is 2.26 bits per heavy atom. The van der Waals surface area contributed by atoms with Gasteiger partial charge in [-0.1, -0.05) is 20.8 Å². The maximum Gasteiger partial charge on any atom is 0.317 e. The molecule has 0 aromatic heterocycles. The van der Waals surface area contributed by atoms with E-state index in [2.05, 4.69) is 19.2 Å². The van der Waals surface area contributed by atoms with E-state index in [4.69, 9.17) is 5.11 Å². The lowest BCUT2D eigenvalue weighted by Crippen LogP contribution is -2.57. The Morgan fingerprint density at radius 1 is 1.21 bits per heavy atom. The second-order valence-corrected chi connectivity index (χ2v) is 6.11. The summed E-state index contributed by atoms with van der Waals surface area (Å²) in [6.45, 7) is 9.15. The molecule has 0 aromatic carbocycles. The van der Waals surface area contributed by atoms with Gasteiger partial charge in [-0.2, -0.15) is 0 Å². The second-order valence-electron chi connectivity index (χ2n) is 6.11. The van der Waals surface area contributed by atoms with Crippen LogP contribution in [-0.2, 0) is 4.79 Å². The Kier molecular flexibility index (Phi) is 5.63. The molecule has 1 fully saturated rings. The van der Waals surface area contributed by atoms with Crippen molar-refractivity contribution in [1.82, 2.24) is 10.2 Å². The molecular weight excluding hydrogens is 244 g/mol. The molecule has 5 heteroatoms. The van der Waals surface area contributed by atoms with Crippen LogP contribution in [0.2, 0.25) is 0 Å². The first-order valence-corrected chi connectivity index (χ1v) is 7.09. The number of amides is 2. The first-order chi connectivity index (χ1) is 8.81. The van der Waals surface area contributed by atoms with Crippen LogP contribution in [0.3, 0.4) is 0 Å². The van der Waals surface area contributed by atoms with Crippen molar-refractivity contribution in [3.63, 3.8) is 0 Å². The lowest BCUT2D eigenvalue weighted by molar-refractivity contribution is -0.144. The summed E-state index contributed by atoms with van der Waals surface area (Å²) in [6, 6.07) is 0.107. The highest BCUT2D eigenvalue weighted by Crippen LogP contribution is 2.24. The van der Waals surface area contributed by atoms with Gasteiger partial charge < -0.3 is 15.3 Å². The van der Waals surface area contributed by atoms with Crippen LogP contribution in [0, 0.1) is 17.8 Å². The van der Waals surface area contributed by atoms with Gasteiger partial charge in [0.15, 0.2) is 0 Å². The van der Waals surface area contributed by atoms with Crippen LogP contribution < -0.4 is 5.32 Å². The summed E-state index contributed by atoms with van der Waals surface area (Å²) >= 11 is 0. The molecule has 0 radical (unpaired) electrons. The fraction of sp³-hybridized carbons (Fsp3) is 0.857. The molecule has 1 heterocycles. The number of nitrogens with zero attached hydrogens (tertiary/aromatic N) is 1. The van der Waals surface area contributed by atoms with Crippen LogP contribution in [-0.4, -0.2) is 41.1 Å². The van der Waals surface area contributed by atoms with Gasteiger partial charge >= 0.3 is 12.0 Å². The van der Waals surface area contributed by atoms with Gasteiger partial charge in [-0.05, 0) is 25.7 Å². The van der Waals surface area contributed by atoms with Gasteiger partial charge in [-0.3, -0.25) is 4.79 Å². The average Bonchev–Trinajstić information content (AvgIpc) is 2.23. The van der Waals surface area contributed by atoms with E-state index in [0.717, 1.165) is 12.8 Å². The Morgan fingerprint density at radius 2 is 1.79 bits per heavy atom. The van der Waals surface area contributed by atoms with Crippen LogP contribution in [0.4, 0.5) is 4.79 Å². The van der Waals surface area contributed by atoms with E-state index in [1.54, 1.807) is 11.8 Å². The maximum atomic E-state index is 11.9. The van der Waals surface area contributed by atoms with E-state index in [9.17, 15) is 9.59 Å². The van der Waals surface area contributed by atoms with E-state index < -0.39 is 5.97 Å². The van der Waals surface area contributed by atoms with E-state index in [1.165, 1.54) is 0 Å². The highest BCUT2D eigenvalue weighted by Gasteiger charge is 2.37. The second kappa shape index (κ2) is 6.78. The molecule has 2 atom stereocenters. The molecule has 19 heavy (non-hydrogen) atoms. The Balaban J connectivity index is 2.24. The van der Waals surface area contributed by atoms with Gasteiger partial charge in [-0.15, -0.1) is 0 Å². The number of likely N-dealkylation sites (tertiary alicyclic amines) is 1. The molecule has 2 amide bonds. The molecule has 5 nitrogen and oxygen atoms in total. The predicted octanol–water partition coefficient (Wildman–Crippen LogP) is 2.17. The Hall–Kier alpha value is -1.26. The van der Waals surface area contributed by atoms with Gasteiger partial charge in [-0.25, -0.2) is 4.79 Å². The minimum absolute atomic E-state index is 0.0647. The molecule has 1 saturated heterocycles. The summed E-state index contributed by atoms with van der Waals surface area (Å²) in [7, 11) is 0. The number of carbonyl (C=O) groups is 2. The van der Waals surface area contributed by atoms with Crippen LogP contribution >= 0.6 is 0 Å². The van der Waals surface area contributed by atoms with Crippen molar-refractivity contribution >= 4 is 12.0 Å². The maximum absolute atomic E-state index is 11.9. The molecule has 110 valence electrons. The molecule has 0 spiro atoms. The van der Waals surface area contributed by atoms with Gasteiger partial charge in [0, 0.05) is 25.0 Å². The molecule has 1 rings (SSSR count). The Labute approximate surface area is 115 Å². The molecule has 2 N–H and O–H groups in total. The first-order valence-electron chi connectivity index (χ1n) is 7.09. The average molecular weight is 270 g/mol. The van der Waals surface area contributed by atoms with E-state index in [-0.39, 0.29) is 23.9 Å². The SMILES string of the molecule is CC(C)CCC(C)NC(=O)N1CC(C(C)C(=O)O)C1. The first kappa shape index (κ1) is 15.8. The molecule has 2 unspecified atom stereocenters. The fourth-order valence-corrected chi connectivity index (χ4v) is 2.15. The zero-order valence-corrected chi connectivity index (χ0v) is 12.3. The normalized spacial score (nSPS) is 18.9. The summed E-state index contributed by atoms with van der Waals surface area (Å²) in [5.41, 5.74) is 0. The third-order valence-corrected chi connectivity index (χ3v) is 3.84. The number of hydrogen-bond donors (Lipinski definition) is 2. The van der Waals surface area contributed by atoms with Crippen molar-refractivity contribution in [1.29, 1.82) is 0 Å². The van der Waals surface area contributed by atoms with Crippen molar-refractivity contribution < 1.29 is 14.7 Å². The Bertz CT molecular complexity index is 325. The number of carboxylic acid groups (broad SMARTS) is 1. The van der Waals surface area contributed by atoms with Crippen molar-refractivity contribution in [2.24, 2.45) is 17.8 Å². The molecule has 0 aliphatic carbocycles. The largest absolute Gasteiger partial charge is 0.481 e. The van der Waals surface area contributed by atoms with E-state index in [1.807, 2.05) is 6.92 Å². The van der Waals surface area contributed by atoms with Crippen molar-refractivity contribution in [2.75, 3.05) is 13.1 Å². The number of nitrogens with one attached hydrogen (secondary N) is 1. The molecule has 1 aliphatic rings. The van der Waals surface area contributed by atoms with Crippen molar-refractivity contribution in [3.05, 3.63) is 0 Å². The molecular formula is C14H26N2O3. The fourth-order valence-electron chi connectivity index (χ4n) is 2.15. The smallest absolute Gasteiger partial charge is 0.317 e. The van der Waals surface area contributed by atoms with E-state index >= 15 is 0 Å². The number of aliphatic carboxylic acids is 1. The quantitative estimate of drug-likeness (QED) is 0.777. The van der Waals surface area contributed by atoms with Gasteiger partial charge in [0.1, 0.15) is 0 Å². The number of hydrogen-bond acceptors (Lipinski definition) is 2. The van der Waals surface area contributed by atoms with Gasteiger partial charge in [0.2, 0.25) is 0 Å². The van der Waals surface area contributed by atoms with Crippen molar-refractivity contribution in [2.45, 2.75) is 46.6 Å². The van der Waals surface area contributed by atoms with Gasteiger partial charge in [0.25, 0.3) is 0 Å². The number of carbonyl (C=O) groups excluding carboxylic acids is 1. The van der Waals surface area contributed by atoms with E-state index in [0.29, 0.717) is 19.0 Å². The summed E-state index contributed by atoms with van der Waals surface area (Å²) in [4.78, 5) is 24.4. The lowest BCUT2D eigenvalue weighted by atomic mass is 9.87. The van der Waals surface area contributed by atoms with Crippen LogP contribution in [0.15, 0.2) is 0 Å². The van der Waals surface area contributed by atoms with Crippen LogP contribution in [0.25, 0.3) is 0 Å². The van der Waals surface area contributed by atoms with Gasteiger partial charge in [0.05, 0.1) is 5.92 Å². The lowest BCUT2D eigenvalue weighted by Gasteiger charge is -2.41. The van der Waals surface area contributed by atoms with Crippen molar-refractivity contribution in [3.8, 4) is 0 Å². The van der Waals surface area contributed by atoms with Crippen LogP contribution in [0.5, 0.6) is 0 Å². The number of urea groups is 1. The third-order valence-electron chi connectivity index (χ3n) is 3.84. The topological polar surface area (TPSA) is 69.6 Å². The number of rotatable bonds is 6. The molecule has 0 saturated carbocycles. The van der Waals surface area contributed by atoms with Crippen LogP contribution in [0.1, 0.15) is 40.5 Å². The summed E-state index contributed by atoms with van der Waals surface area (Å²) in [6.07, 6.45) is 2.08. The monoisotopic (exact) mass is 270 g/mol. The highest BCUT2D eigenvalue weighted by molar-refractivity contribution is 5.76. The number of carboxylic acids is 1. The summed E-state index contributed by atoms with van der Waals surface area (Å²) in [5.74, 6) is -0.420. The summed E-state index contributed by atoms with van der Waals surface area (Å²) in [5, 5.41) is 11.9. The minimum atomic E-state index is -0.782. The zero-order valence-electron chi connectivity index (χ0n) is 12.3. The predicted molar refractivity (Wildman–Crippen MR) is 73.9 cm³/mol. The molecule has 0 bridgehead atoms. The minimum Gasteiger partial charge on any atom is -0.481 e. The molecule has 0 aromatic rings. The standard InChI is InChI=1S/C14H26N2O3/c1-9(2)5-6-10(3)15-14(19)16-7-12(8-16)11(4)13(17)18/h9-12H,5-8H2,1-4H3,(H,15,19)(H,17,18). The highest BCUT2D eigenvalue weighted by atomic mass is 16.4. The molecule has 1 aliphatic heterocycles. The third kappa shape index (κ3) is 4.73. The summed E-state index contributed by atoms with van der Waals surface area (Å²) < 4.78 is 0. The zero-order chi connectivity index (χ0) is 14.6.